The molecule has 1 N–H and O–H groups in total. The number of carbonyl (C=O) groups excluding carboxylic acids is 2. The van der Waals surface area contributed by atoms with Crippen molar-refractivity contribution in [3.8, 4) is 11.3 Å². The van der Waals surface area contributed by atoms with Gasteiger partial charge in [0.15, 0.2) is 0 Å². The summed E-state index contributed by atoms with van der Waals surface area (Å²) in [6.45, 7) is -0.160. The summed E-state index contributed by atoms with van der Waals surface area (Å²) >= 11 is 6.74. The first kappa shape index (κ1) is 20.9. The monoisotopic (exact) mass is 457 g/mol. The van der Waals surface area contributed by atoms with Gasteiger partial charge in [0, 0.05) is 17.2 Å². The molecule has 1 aliphatic rings. The number of amides is 2. The number of thioether (sulfide) groups is 1. The first-order valence-electron chi connectivity index (χ1n) is 8.95. The van der Waals surface area contributed by atoms with Gasteiger partial charge >= 0.3 is 5.97 Å². The summed E-state index contributed by atoms with van der Waals surface area (Å²) in [5, 5.41) is 8.63. The number of furan rings is 1. The average Bonchev–Trinajstić information content (AvgIpc) is 3.29. The molecule has 31 heavy (non-hydrogen) atoms. The van der Waals surface area contributed by atoms with Crippen molar-refractivity contribution < 1.29 is 28.3 Å². The summed E-state index contributed by atoms with van der Waals surface area (Å²) in [6, 6.07) is 13.6. The molecule has 0 atom stereocenters. The third-order valence-electron chi connectivity index (χ3n) is 4.54. The maximum absolute atomic E-state index is 13.9. The fraction of sp³-hybridized carbons (Fsp3) is 0.0455. The Morgan fingerprint density at radius 2 is 1.94 bits per heavy atom. The molecule has 0 unspecified atom stereocenters. The second-order valence-corrected chi connectivity index (χ2v) is 7.96. The van der Waals surface area contributed by atoms with E-state index in [2.05, 4.69) is 0 Å². The van der Waals surface area contributed by atoms with E-state index in [-0.39, 0.29) is 27.6 Å². The van der Waals surface area contributed by atoms with Gasteiger partial charge in [0.1, 0.15) is 17.3 Å². The highest BCUT2D eigenvalue weighted by molar-refractivity contribution is 8.18. The summed E-state index contributed by atoms with van der Waals surface area (Å²) < 4.78 is 19.6. The van der Waals surface area contributed by atoms with E-state index in [0.717, 1.165) is 16.7 Å². The van der Waals surface area contributed by atoms with E-state index in [1.54, 1.807) is 24.3 Å². The van der Waals surface area contributed by atoms with Crippen LogP contribution in [0.3, 0.4) is 0 Å². The summed E-state index contributed by atoms with van der Waals surface area (Å²) in [4.78, 5) is 37.1. The lowest BCUT2D eigenvalue weighted by atomic mass is 10.1. The van der Waals surface area contributed by atoms with Crippen LogP contribution in [0.4, 0.5) is 9.18 Å². The Labute approximate surface area is 184 Å². The minimum absolute atomic E-state index is 0.0271. The average molecular weight is 458 g/mol. The maximum atomic E-state index is 13.9. The van der Waals surface area contributed by atoms with Crippen molar-refractivity contribution in [1.82, 2.24) is 4.90 Å². The summed E-state index contributed by atoms with van der Waals surface area (Å²) in [5.74, 6) is -1.43. The van der Waals surface area contributed by atoms with E-state index >= 15 is 0 Å². The van der Waals surface area contributed by atoms with Gasteiger partial charge in [0.25, 0.3) is 11.1 Å². The van der Waals surface area contributed by atoms with Crippen LogP contribution in [0.15, 0.2) is 63.9 Å². The molecule has 0 bridgehead atoms. The fourth-order valence-corrected chi connectivity index (χ4v) is 4.07. The largest absolute Gasteiger partial charge is 0.478 e. The van der Waals surface area contributed by atoms with Gasteiger partial charge in [-0.2, -0.15) is 0 Å². The van der Waals surface area contributed by atoms with Crippen molar-refractivity contribution in [3.05, 3.63) is 87.2 Å². The Morgan fingerprint density at radius 3 is 2.65 bits per heavy atom. The standard InChI is InChI=1S/C22H13ClFNO5S/c23-16-9-12(5-7-15(16)21(27)28)18-8-6-14(30-18)10-19-20(26)25(22(29)31-19)11-13-3-1-2-4-17(13)24/h1-10H,11H2,(H,27,28)/b19-10-. The second-order valence-electron chi connectivity index (χ2n) is 6.56. The van der Waals surface area contributed by atoms with E-state index < -0.39 is 22.9 Å². The molecule has 3 aromatic rings. The summed E-state index contributed by atoms with van der Waals surface area (Å²) in [7, 11) is 0. The van der Waals surface area contributed by atoms with E-state index in [0.29, 0.717) is 17.1 Å². The third kappa shape index (κ3) is 4.26. The van der Waals surface area contributed by atoms with Crippen LogP contribution in [-0.4, -0.2) is 27.1 Å². The van der Waals surface area contributed by atoms with Crippen LogP contribution in [0.5, 0.6) is 0 Å². The van der Waals surface area contributed by atoms with Gasteiger partial charge in [-0.3, -0.25) is 14.5 Å². The molecule has 6 nitrogen and oxygen atoms in total. The molecule has 1 aliphatic heterocycles. The topological polar surface area (TPSA) is 87.8 Å². The Bertz CT molecular complexity index is 1250. The fourth-order valence-electron chi connectivity index (χ4n) is 2.99. The van der Waals surface area contributed by atoms with Crippen molar-refractivity contribution in [2.75, 3.05) is 0 Å². The lowest BCUT2D eigenvalue weighted by Crippen LogP contribution is -2.27. The number of aromatic carboxylic acids is 1. The zero-order valence-electron chi connectivity index (χ0n) is 15.7. The first-order valence-corrected chi connectivity index (χ1v) is 10.1. The second kappa shape index (κ2) is 8.41. The van der Waals surface area contributed by atoms with Crippen LogP contribution in [0.25, 0.3) is 17.4 Å². The quantitative estimate of drug-likeness (QED) is 0.496. The number of carboxylic acids is 1. The molecule has 9 heteroatoms. The van der Waals surface area contributed by atoms with Crippen molar-refractivity contribution in [1.29, 1.82) is 0 Å². The molecule has 156 valence electrons. The molecular formula is C22H13ClFNO5S. The number of rotatable bonds is 5. The Balaban J connectivity index is 1.55. The molecule has 1 saturated heterocycles. The van der Waals surface area contributed by atoms with Crippen molar-refractivity contribution in [2.24, 2.45) is 0 Å². The molecule has 0 spiro atoms. The number of carboxylic acid groups (broad SMARTS) is 1. The normalized spacial score (nSPS) is 15.2. The zero-order valence-corrected chi connectivity index (χ0v) is 17.2. The minimum atomic E-state index is -1.14. The molecule has 0 radical (unpaired) electrons. The van der Waals surface area contributed by atoms with Crippen LogP contribution in [-0.2, 0) is 11.3 Å². The number of imide groups is 1. The SMILES string of the molecule is O=C(O)c1ccc(-c2ccc(/C=C3\SC(=O)N(Cc4ccccc4F)C3=O)o2)cc1Cl. The number of benzene rings is 2. The van der Waals surface area contributed by atoms with Crippen molar-refractivity contribution >= 4 is 46.6 Å². The van der Waals surface area contributed by atoms with Crippen LogP contribution in [0, 0.1) is 5.82 Å². The Kier molecular flexibility index (Phi) is 5.67. The number of hydrogen-bond acceptors (Lipinski definition) is 5. The first-order chi connectivity index (χ1) is 14.8. The number of nitrogens with zero attached hydrogens (tertiary/aromatic N) is 1. The molecule has 2 heterocycles. The van der Waals surface area contributed by atoms with E-state index in [4.69, 9.17) is 21.1 Å². The molecule has 1 fully saturated rings. The van der Waals surface area contributed by atoms with Gasteiger partial charge in [-0.25, -0.2) is 9.18 Å². The molecule has 0 saturated carbocycles. The molecule has 1 aromatic heterocycles. The Hall–Kier alpha value is -3.36. The predicted molar refractivity (Wildman–Crippen MR) is 114 cm³/mol. The van der Waals surface area contributed by atoms with E-state index in [1.807, 2.05) is 0 Å². The lowest BCUT2D eigenvalue weighted by molar-refractivity contribution is -0.123. The van der Waals surface area contributed by atoms with Gasteiger partial charge in [-0.15, -0.1) is 0 Å². The highest BCUT2D eigenvalue weighted by atomic mass is 35.5. The summed E-state index contributed by atoms with van der Waals surface area (Å²) in [5.41, 5.74) is 0.774. The van der Waals surface area contributed by atoms with Crippen LogP contribution < -0.4 is 0 Å². The van der Waals surface area contributed by atoms with Gasteiger partial charge in [0.2, 0.25) is 0 Å². The smallest absolute Gasteiger partial charge is 0.337 e. The molecular weight excluding hydrogens is 445 g/mol. The number of halogens is 2. The van der Waals surface area contributed by atoms with Gasteiger partial charge in [-0.05, 0) is 42.1 Å². The van der Waals surface area contributed by atoms with E-state index in [9.17, 15) is 18.8 Å². The molecule has 2 amide bonds. The maximum Gasteiger partial charge on any atom is 0.337 e. The highest BCUT2D eigenvalue weighted by Crippen LogP contribution is 2.35. The van der Waals surface area contributed by atoms with Gasteiger partial charge in [-0.1, -0.05) is 35.9 Å². The van der Waals surface area contributed by atoms with Crippen LogP contribution in [0.2, 0.25) is 5.02 Å². The molecule has 0 aliphatic carbocycles. The predicted octanol–water partition coefficient (Wildman–Crippen LogP) is 5.67. The van der Waals surface area contributed by atoms with Crippen LogP contribution >= 0.6 is 23.4 Å². The molecule has 2 aromatic carbocycles. The Morgan fingerprint density at radius 1 is 1.16 bits per heavy atom. The minimum Gasteiger partial charge on any atom is -0.478 e. The van der Waals surface area contributed by atoms with Crippen molar-refractivity contribution in [2.45, 2.75) is 6.54 Å². The molecule has 4 rings (SSSR count). The highest BCUT2D eigenvalue weighted by Gasteiger charge is 2.35. The number of hydrogen-bond donors (Lipinski definition) is 1. The zero-order chi connectivity index (χ0) is 22.1. The summed E-state index contributed by atoms with van der Waals surface area (Å²) in [6.07, 6.45) is 1.43. The third-order valence-corrected chi connectivity index (χ3v) is 5.76. The van der Waals surface area contributed by atoms with Gasteiger partial charge in [0.05, 0.1) is 22.0 Å². The van der Waals surface area contributed by atoms with Crippen LogP contribution in [0.1, 0.15) is 21.7 Å². The van der Waals surface area contributed by atoms with E-state index in [1.165, 1.54) is 36.4 Å². The van der Waals surface area contributed by atoms with Gasteiger partial charge < -0.3 is 9.52 Å². The lowest BCUT2D eigenvalue weighted by Gasteiger charge is -2.12. The van der Waals surface area contributed by atoms with Crippen molar-refractivity contribution in [3.63, 3.8) is 0 Å². The number of carbonyl (C=O) groups is 3.